The minimum absolute atomic E-state index is 0.626. The van der Waals surface area contributed by atoms with Gasteiger partial charge in [-0.2, -0.15) is 0 Å². The topological polar surface area (TPSA) is 40.5 Å². The van der Waals surface area contributed by atoms with Crippen molar-refractivity contribution < 1.29 is 9.90 Å². The Labute approximate surface area is 98.8 Å². The maximum atomic E-state index is 11.6. The molecule has 0 aromatic carbocycles. The van der Waals surface area contributed by atoms with Crippen LogP contribution in [0.4, 0.5) is 0 Å². The Kier molecular flexibility index (Phi) is 4.78. The highest BCUT2D eigenvalue weighted by atomic mass is 16.4. The fourth-order valence-electron chi connectivity index (χ4n) is 2.50. The third-order valence-corrected chi connectivity index (χ3v) is 3.84. The predicted molar refractivity (Wildman–Crippen MR) is 65.5 cm³/mol. The number of rotatable bonds is 8. The Balaban J connectivity index is 2.79. The molecule has 16 heavy (non-hydrogen) atoms. The van der Waals surface area contributed by atoms with Crippen molar-refractivity contribution in [3.63, 3.8) is 0 Å². The highest BCUT2D eigenvalue weighted by Crippen LogP contribution is 2.34. The molecule has 0 saturated heterocycles. The standard InChI is InChI=1S/C13H25NO2/c1-4-9-14(10-11-7-8-11)13(5-2,6-3)12(15)16/h11H,4-10H2,1-3H3,(H,15,16). The van der Waals surface area contributed by atoms with Crippen LogP contribution in [-0.2, 0) is 4.79 Å². The highest BCUT2D eigenvalue weighted by molar-refractivity contribution is 5.78. The van der Waals surface area contributed by atoms with Gasteiger partial charge in [-0.05, 0) is 44.6 Å². The van der Waals surface area contributed by atoms with Gasteiger partial charge in [-0.3, -0.25) is 9.69 Å². The van der Waals surface area contributed by atoms with Crippen molar-refractivity contribution in [2.75, 3.05) is 13.1 Å². The first-order chi connectivity index (χ1) is 7.60. The van der Waals surface area contributed by atoms with Crippen LogP contribution in [0.25, 0.3) is 0 Å². The Morgan fingerprint density at radius 2 is 1.88 bits per heavy atom. The number of carbonyl (C=O) groups is 1. The van der Waals surface area contributed by atoms with E-state index in [1.54, 1.807) is 0 Å². The number of carboxylic acids is 1. The molecule has 1 aliphatic rings. The molecule has 1 N–H and O–H groups in total. The van der Waals surface area contributed by atoms with Crippen molar-refractivity contribution in [3.8, 4) is 0 Å². The molecule has 1 aliphatic carbocycles. The summed E-state index contributed by atoms with van der Waals surface area (Å²) in [5, 5.41) is 9.51. The maximum absolute atomic E-state index is 11.6. The van der Waals surface area contributed by atoms with Crippen LogP contribution in [0.2, 0.25) is 0 Å². The summed E-state index contributed by atoms with van der Waals surface area (Å²) >= 11 is 0. The van der Waals surface area contributed by atoms with Crippen LogP contribution in [0.15, 0.2) is 0 Å². The van der Waals surface area contributed by atoms with Gasteiger partial charge >= 0.3 is 5.97 Å². The molecule has 0 heterocycles. The quantitative estimate of drug-likeness (QED) is 0.693. The molecule has 3 heteroatoms. The molecular weight excluding hydrogens is 202 g/mol. The zero-order valence-corrected chi connectivity index (χ0v) is 10.8. The molecule has 0 radical (unpaired) electrons. The first kappa shape index (κ1) is 13.5. The van der Waals surface area contributed by atoms with Crippen LogP contribution in [0.3, 0.4) is 0 Å². The third kappa shape index (κ3) is 2.76. The molecule has 0 aromatic heterocycles. The van der Waals surface area contributed by atoms with Crippen LogP contribution in [-0.4, -0.2) is 34.6 Å². The summed E-state index contributed by atoms with van der Waals surface area (Å²) in [6.45, 7) is 7.99. The average Bonchev–Trinajstić information content (AvgIpc) is 3.04. The van der Waals surface area contributed by atoms with Crippen LogP contribution < -0.4 is 0 Å². The smallest absolute Gasteiger partial charge is 0.324 e. The van der Waals surface area contributed by atoms with Crippen LogP contribution in [0, 0.1) is 5.92 Å². The third-order valence-electron chi connectivity index (χ3n) is 3.84. The van der Waals surface area contributed by atoms with Crippen LogP contribution in [0.5, 0.6) is 0 Å². The molecule has 0 aliphatic heterocycles. The number of carboxylic acid groups (broad SMARTS) is 1. The van der Waals surface area contributed by atoms with Crippen LogP contribution >= 0.6 is 0 Å². The molecule has 1 rings (SSSR count). The summed E-state index contributed by atoms with van der Waals surface area (Å²) in [5.41, 5.74) is -0.626. The van der Waals surface area contributed by atoms with Gasteiger partial charge in [-0.25, -0.2) is 0 Å². The number of nitrogens with zero attached hydrogens (tertiary/aromatic N) is 1. The van der Waals surface area contributed by atoms with Gasteiger partial charge in [0.1, 0.15) is 5.54 Å². The normalized spacial score (nSPS) is 16.8. The maximum Gasteiger partial charge on any atom is 0.324 e. The SMILES string of the molecule is CCCN(CC1CC1)C(CC)(CC)C(=O)O. The zero-order chi connectivity index (χ0) is 12.2. The molecule has 0 amide bonds. The Morgan fingerprint density at radius 1 is 1.31 bits per heavy atom. The summed E-state index contributed by atoms with van der Waals surface area (Å²) in [6.07, 6.45) is 4.99. The van der Waals surface area contributed by atoms with E-state index < -0.39 is 11.5 Å². The molecule has 1 saturated carbocycles. The fourth-order valence-corrected chi connectivity index (χ4v) is 2.50. The van der Waals surface area contributed by atoms with Crippen molar-refractivity contribution in [2.24, 2.45) is 5.92 Å². The van der Waals surface area contributed by atoms with Gasteiger partial charge in [0, 0.05) is 6.54 Å². The lowest BCUT2D eigenvalue weighted by molar-refractivity contribution is -0.152. The number of hydrogen-bond donors (Lipinski definition) is 1. The molecule has 3 nitrogen and oxygen atoms in total. The summed E-state index contributed by atoms with van der Waals surface area (Å²) in [4.78, 5) is 13.8. The van der Waals surface area contributed by atoms with E-state index in [1.165, 1.54) is 12.8 Å². The van der Waals surface area contributed by atoms with Gasteiger partial charge in [0.05, 0.1) is 0 Å². The van der Waals surface area contributed by atoms with Gasteiger partial charge in [0.15, 0.2) is 0 Å². The Bertz CT molecular complexity index is 232. The Hall–Kier alpha value is -0.570. The van der Waals surface area contributed by atoms with Gasteiger partial charge in [0.2, 0.25) is 0 Å². The highest BCUT2D eigenvalue weighted by Gasteiger charge is 2.42. The van der Waals surface area contributed by atoms with Crippen LogP contribution in [0.1, 0.15) is 52.9 Å². The average molecular weight is 227 g/mol. The fraction of sp³-hybridized carbons (Fsp3) is 0.923. The largest absolute Gasteiger partial charge is 0.480 e. The van der Waals surface area contributed by atoms with E-state index in [1.807, 2.05) is 13.8 Å². The molecule has 0 unspecified atom stereocenters. The molecule has 1 fully saturated rings. The minimum Gasteiger partial charge on any atom is -0.480 e. The van der Waals surface area contributed by atoms with Crippen molar-refractivity contribution in [1.82, 2.24) is 4.90 Å². The minimum atomic E-state index is -0.647. The predicted octanol–water partition coefficient (Wildman–Crippen LogP) is 2.75. The van der Waals surface area contributed by atoms with Crippen molar-refractivity contribution in [2.45, 2.75) is 58.4 Å². The zero-order valence-electron chi connectivity index (χ0n) is 10.8. The van der Waals surface area contributed by atoms with E-state index in [0.717, 1.165) is 25.4 Å². The Morgan fingerprint density at radius 3 is 2.19 bits per heavy atom. The summed E-state index contributed by atoms with van der Waals surface area (Å²) < 4.78 is 0. The van der Waals surface area contributed by atoms with E-state index in [-0.39, 0.29) is 0 Å². The monoisotopic (exact) mass is 227 g/mol. The van der Waals surface area contributed by atoms with Gasteiger partial charge in [-0.1, -0.05) is 20.8 Å². The van der Waals surface area contributed by atoms with Crippen molar-refractivity contribution in [3.05, 3.63) is 0 Å². The first-order valence-electron chi connectivity index (χ1n) is 6.59. The molecule has 0 spiro atoms. The number of hydrogen-bond acceptors (Lipinski definition) is 2. The van der Waals surface area contributed by atoms with Crippen molar-refractivity contribution >= 4 is 5.97 Å². The van der Waals surface area contributed by atoms with E-state index in [9.17, 15) is 9.90 Å². The second kappa shape index (κ2) is 5.67. The summed E-state index contributed by atoms with van der Waals surface area (Å²) in [6, 6.07) is 0. The molecule has 0 aromatic rings. The lowest BCUT2D eigenvalue weighted by atomic mass is 9.90. The summed E-state index contributed by atoms with van der Waals surface area (Å²) in [5.74, 6) is 0.106. The van der Waals surface area contributed by atoms with Gasteiger partial charge in [-0.15, -0.1) is 0 Å². The number of aliphatic carboxylic acids is 1. The first-order valence-corrected chi connectivity index (χ1v) is 6.59. The molecule has 94 valence electrons. The van der Waals surface area contributed by atoms with Gasteiger partial charge in [0.25, 0.3) is 0 Å². The lowest BCUT2D eigenvalue weighted by Crippen LogP contribution is -2.55. The summed E-state index contributed by atoms with van der Waals surface area (Å²) in [7, 11) is 0. The second-order valence-electron chi connectivity index (χ2n) is 4.93. The molecular formula is C13H25NO2. The van der Waals surface area contributed by atoms with Crippen molar-refractivity contribution in [1.29, 1.82) is 0 Å². The lowest BCUT2D eigenvalue weighted by Gasteiger charge is -2.39. The van der Waals surface area contributed by atoms with E-state index in [2.05, 4.69) is 11.8 Å². The van der Waals surface area contributed by atoms with E-state index in [4.69, 9.17) is 0 Å². The molecule has 0 bridgehead atoms. The van der Waals surface area contributed by atoms with E-state index in [0.29, 0.717) is 12.8 Å². The van der Waals surface area contributed by atoms with Gasteiger partial charge < -0.3 is 5.11 Å². The second-order valence-corrected chi connectivity index (χ2v) is 4.93. The van der Waals surface area contributed by atoms with E-state index >= 15 is 0 Å². The molecule has 0 atom stereocenters.